The second-order valence-electron chi connectivity index (χ2n) is 6.69. The van der Waals surface area contributed by atoms with E-state index in [2.05, 4.69) is 33.6 Å². The number of halogens is 1. The average molecular weight is 365 g/mol. The van der Waals surface area contributed by atoms with Crippen molar-refractivity contribution in [3.05, 3.63) is 77.3 Å². The van der Waals surface area contributed by atoms with Gasteiger partial charge in [-0.2, -0.15) is 0 Å². The molecule has 4 rings (SSSR count). The molecule has 0 aliphatic carbocycles. The molecule has 0 saturated carbocycles. The van der Waals surface area contributed by atoms with Crippen molar-refractivity contribution in [3.63, 3.8) is 0 Å². The average Bonchev–Trinajstić information content (AvgIpc) is 3.15. The molecule has 0 spiro atoms. The van der Waals surface area contributed by atoms with E-state index in [9.17, 15) is 9.18 Å². The molecule has 0 fully saturated rings. The normalized spacial score (nSPS) is 14.0. The fourth-order valence-electron chi connectivity index (χ4n) is 3.31. The molecule has 27 heavy (non-hydrogen) atoms. The number of hydrogen-bond acceptors (Lipinski definition) is 4. The number of amides is 1. The maximum Gasteiger partial charge on any atom is 0.234 e. The van der Waals surface area contributed by atoms with Gasteiger partial charge < -0.3 is 9.84 Å². The number of nitrogens with zero attached hydrogens (tertiary/aromatic N) is 2. The molecule has 1 amide bonds. The molecule has 0 radical (unpaired) electrons. The molecular weight excluding hydrogens is 345 g/mol. The van der Waals surface area contributed by atoms with E-state index in [1.807, 2.05) is 6.07 Å². The van der Waals surface area contributed by atoms with E-state index in [-0.39, 0.29) is 18.3 Å². The molecule has 0 saturated heterocycles. The van der Waals surface area contributed by atoms with Gasteiger partial charge in [0.05, 0.1) is 13.1 Å². The Bertz CT molecular complexity index is 954. The maximum atomic E-state index is 13.3. The Morgan fingerprint density at radius 1 is 1.15 bits per heavy atom. The molecule has 2 aromatic carbocycles. The largest absolute Gasteiger partial charge is 0.359 e. The Morgan fingerprint density at radius 3 is 2.85 bits per heavy atom. The minimum absolute atomic E-state index is 0.0573. The Balaban J connectivity index is 1.30. The van der Waals surface area contributed by atoms with Crippen molar-refractivity contribution in [1.82, 2.24) is 15.4 Å². The van der Waals surface area contributed by atoms with Gasteiger partial charge in [-0.15, -0.1) is 0 Å². The zero-order chi connectivity index (χ0) is 18.6. The van der Waals surface area contributed by atoms with Gasteiger partial charge in [0.2, 0.25) is 5.91 Å². The van der Waals surface area contributed by atoms with Crippen LogP contribution in [0, 0.1) is 5.82 Å². The van der Waals surface area contributed by atoms with Gasteiger partial charge >= 0.3 is 0 Å². The molecule has 0 bridgehead atoms. The first-order valence-electron chi connectivity index (χ1n) is 8.95. The van der Waals surface area contributed by atoms with Crippen LogP contribution in [-0.4, -0.2) is 29.1 Å². The van der Waals surface area contributed by atoms with Crippen molar-refractivity contribution in [2.24, 2.45) is 0 Å². The highest BCUT2D eigenvalue weighted by Gasteiger charge is 2.18. The molecule has 3 aromatic rings. The summed E-state index contributed by atoms with van der Waals surface area (Å²) in [5, 5.41) is 6.80. The Kier molecular flexibility index (Phi) is 4.98. The molecule has 1 aliphatic rings. The van der Waals surface area contributed by atoms with Crippen molar-refractivity contribution in [2.45, 2.75) is 19.5 Å². The van der Waals surface area contributed by atoms with Crippen LogP contribution in [0.5, 0.6) is 0 Å². The van der Waals surface area contributed by atoms with E-state index in [1.54, 1.807) is 18.2 Å². The van der Waals surface area contributed by atoms with E-state index < -0.39 is 0 Å². The van der Waals surface area contributed by atoms with Crippen LogP contribution >= 0.6 is 0 Å². The minimum atomic E-state index is -0.326. The topological polar surface area (TPSA) is 58.4 Å². The molecule has 1 aliphatic heterocycles. The van der Waals surface area contributed by atoms with Crippen LogP contribution in [-0.2, 0) is 24.3 Å². The number of carbonyl (C=O) groups excluding carboxylic acids is 1. The second-order valence-corrected chi connectivity index (χ2v) is 6.69. The smallest absolute Gasteiger partial charge is 0.234 e. The number of benzene rings is 2. The molecule has 138 valence electrons. The third-order valence-corrected chi connectivity index (χ3v) is 4.72. The summed E-state index contributed by atoms with van der Waals surface area (Å²) in [7, 11) is 0. The third-order valence-electron chi connectivity index (χ3n) is 4.72. The fraction of sp³-hybridized carbons (Fsp3) is 0.238. The Hall–Kier alpha value is -2.99. The van der Waals surface area contributed by atoms with Crippen molar-refractivity contribution < 1.29 is 13.7 Å². The van der Waals surface area contributed by atoms with Crippen LogP contribution in [0.2, 0.25) is 0 Å². The number of nitrogens with one attached hydrogen (secondary N) is 1. The highest BCUT2D eigenvalue weighted by Crippen LogP contribution is 2.20. The van der Waals surface area contributed by atoms with Crippen LogP contribution < -0.4 is 5.32 Å². The summed E-state index contributed by atoms with van der Waals surface area (Å²) in [6, 6.07) is 16.2. The monoisotopic (exact) mass is 365 g/mol. The second kappa shape index (κ2) is 7.72. The first-order chi connectivity index (χ1) is 13.2. The van der Waals surface area contributed by atoms with E-state index in [4.69, 9.17) is 4.52 Å². The first-order valence-corrected chi connectivity index (χ1v) is 8.95. The number of rotatable bonds is 5. The lowest BCUT2D eigenvalue weighted by Crippen LogP contribution is -2.39. The quantitative estimate of drug-likeness (QED) is 0.755. The summed E-state index contributed by atoms with van der Waals surface area (Å²) in [4.78, 5) is 14.4. The zero-order valence-corrected chi connectivity index (χ0v) is 14.8. The summed E-state index contributed by atoms with van der Waals surface area (Å²) < 4.78 is 18.6. The predicted octanol–water partition coefficient (Wildman–Crippen LogP) is 3.16. The number of fused-ring (bicyclic) bond motifs is 1. The summed E-state index contributed by atoms with van der Waals surface area (Å²) in [5.41, 5.74) is 3.84. The number of hydrogen-bond donors (Lipinski definition) is 1. The van der Waals surface area contributed by atoms with Gasteiger partial charge in [0.25, 0.3) is 0 Å². The van der Waals surface area contributed by atoms with Gasteiger partial charge in [0, 0.05) is 24.7 Å². The fourth-order valence-corrected chi connectivity index (χ4v) is 3.31. The highest BCUT2D eigenvalue weighted by atomic mass is 19.1. The van der Waals surface area contributed by atoms with Crippen molar-refractivity contribution >= 4 is 5.91 Å². The summed E-state index contributed by atoms with van der Waals surface area (Å²) >= 11 is 0. The number of carbonyl (C=O) groups is 1. The maximum absolute atomic E-state index is 13.3. The van der Waals surface area contributed by atoms with Crippen molar-refractivity contribution in [1.29, 1.82) is 0 Å². The van der Waals surface area contributed by atoms with Crippen LogP contribution in [0.4, 0.5) is 4.39 Å². The summed E-state index contributed by atoms with van der Waals surface area (Å²) in [5.74, 6) is 0.151. The SMILES string of the molecule is O=C(CN1CCc2ccccc2C1)NCc1cc(-c2cccc(F)c2)no1. The van der Waals surface area contributed by atoms with Gasteiger partial charge in [-0.3, -0.25) is 9.69 Å². The van der Waals surface area contributed by atoms with Gasteiger partial charge in [0.15, 0.2) is 5.76 Å². The van der Waals surface area contributed by atoms with Crippen molar-refractivity contribution in [3.8, 4) is 11.3 Å². The summed E-state index contributed by atoms with van der Waals surface area (Å²) in [6.07, 6.45) is 0.961. The molecule has 2 heterocycles. The molecule has 6 heteroatoms. The van der Waals surface area contributed by atoms with E-state index >= 15 is 0 Å². The van der Waals surface area contributed by atoms with Gasteiger partial charge in [-0.05, 0) is 29.7 Å². The molecule has 0 unspecified atom stereocenters. The van der Waals surface area contributed by atoms with Gasteiger partial charge in [0.1, 0.15) is 11.5 Å². The van der Waals surface area contributed by atoms with E-state index in [0.717, 1.165) is 19.5 Å². The zero-order valence-electron chi connectivity index (χ0n) is 14.8. The van der Waals surface area contributed by atoms with Crippen LogP contribution in [0.15, 0.2) is 59.1 Å². The van der Waals surface area contributed by atoms with Gasteiger partial charge in [-0.1, -0.05) is 41.6 Å². The highest BCUT2D eigenvalue weighted by molar-refractivity contribution is 5.78. The lowest BCUT2D eigenvalue weighted by atomic mass is 10.00. The van der Waals surface area contributed by atoms with E-state index in [1.165, 1.54) is 23.3 Å². The Morgan fingerprint density at radius 2 is 2.00 bits per heavy atom. The molecule has 0 atom stereocenters. The Labute approximate surface area is 156 Å². The predicted molar refractivity (Wildman–Crippen MR) is 99.2 cm³/mol. The van der Waals surface area contributed by atoms with Gasteiger partial charge in [-0.25, -0.2) is 4.39 Å². The summed E-state index contributed by atoms with van der Waals surface area (Å²) in [6.45, 7) is 2.26. The molecule has 1 aromatic heterocycles. The standard InChI is InChI=1S/C21H20FN3O2/c22-18-7-3-6-16(10-18)20-11-19(27-24-20)12-23-21(26)14-25-9-8-15-4-1-2-5-17(15)13-25/h1-7,10-11H,8-9,12-14H2,(H,23,26). The molecular formula is C21H20FN3O2. The van der Waals surface area contributed by atoms with Crippen molar-refractivity contribution in [2.75, 3.05) is 13.1 Å². The molecule has 5 nitrogen and oxygen atoms in total. The van der Waals surface area contributed by atoms with E-state index in [0.29, 0.717) is 23.6 Å². The minimum Gasteiger partial charge on any atom is -0.359 e. The van der Waals surface area contributed by atoms with Crippen LogP contribution in [0.1, 0.15) is 16.9 Å². The lowest BCUT2D eigenvalue weighted by molar-refractivity contribution is -0.122. The third kappa shape index (κ3) is 4.23. The first kappa shape index (κ1) is 17.4. The van der Waals surface area contributed by atoms with Crippen LogP contribution in [0.3, 0.4) is 0 Å². The van der Waals surface area contributed by atoms with Crippen LogP contribution in [0.25, 0.3) is 11.3 Å². The molecule has 1 N–H and O–H groups in total. The lowest BCUT2D eigenvalue weighted by Gasteiger charge is -2.27. The number of aromatic nitrogens is 1.